The average molecular weight is 165 g/mol. The van der Waals surface area contributed by atoms with Gasteiger partial charge in [0.15, 0.2) is 0 Å². The Morgan fingerprint density at radius 3 is 2.83 bits per heavy atom. The van der Waals surface area contributed by atoms with E-state index in [4.69, 9.17) is 0 Å². The SMILES string of the molecule is CN[C@H](C)C1C=CC=CCC1C. The molecule has 0 aromatic rings. The van der Waals surface area contributed by atoms with Crippen molar-refractivity contribution >= 4 is 0 Å². The highest BCUT2D eigenvalue weighted by Gasteiger charge is 2.19. The van der Waals surface area contributed by atoms with E-state index < -0.39 is 0 Å². The van der Waals surface area contributed by atoms with E-state index in [1.54, 1.807) is 0 Å². The monoisotopic (exact) mass is 165 g/mol. The number of allylic oxidation sites excluding steroid dienone is 3. The molecule has 0 spiro atoms. The van der Waals surface area contributed by atoms with Crippen molar-refractivity contribution in [3.63, 3.8) is 0 Å². The van der Waals surface area contributed by atoms with Gasteiger partial charge in [-0.1, -0.05) is 31.2 Å². The van der Waals surface area contributed by atoms with Crippen LogP contribution >= 0.6 is 0 Å². The van der Waals surface area contributed by atoms with Crippen molar-refractivity contribution in [2.75, 3.05) is 7.05 Å². The van der Waals surface area contributed by atoms with Gasteiger partial charge in [0, 0.05) is 6.04 Å². The molecule has 1 aliphatic rings. The average Bonchev–Trinajstić information content (AvgIpc) is 2.28. The number of nitrogens with one attached hydrogen (secondary N) is 1. The fourth-order valence-electron chi connectivity index (χ4n) is 1.76. The molecule has 12 heavy (non-hydrogen) atoms. The van der Waals surface area contributed by atoms with Crippen LogP contribution in [0.1, 0.15) is 20.3 Å². The molecule has 0 aliphatic heterocycles. The number of rotatable bonds is 2. The van der Waals surface area contributed by atoms with E-state index in [0.717, 1.165) is 5.92 Å². The summed E-state index contributed by atoms with van der Waals surface area (Å²) in [4.78, 5) is 0. The van der Waals surface area contributed by atoms with Crippen LogP contribution in [0.5, 0.6) is 0 Å². The molecule has 1 nitrogen and oxygen atoms in total. The second kappa shape index (κ2) is 4.46. The lowest BCUT2D eigenvalue weighted by atomic mass is 9.86. The maximum Gasteiger partial charge on any atom is 0.0101 e. The molecule has 0 saturated heterocycles. The molecule has 0 aromatic heterocycles. The quantitative estimate of drug-likeness (QED) is 0.662. The van der Waals surface area contributed by atoms with Crippen LogP contribution in [0.25, 0.3) is 0 Å². The first-order valence-electron chi connectivity index (χ1n) is 4.76. The Labute approximate surface area is 75.6 Å². The Morgan fingerprint density at radius 1 is 1.42 bits per heavy atom. The Morgan fingerprint density at radius 2 is 2.17 bits per heavy atom. The smallest absolute Gasteiger partial charge is 0.0101 e. The molecule has 0 aromatic carbocycles. The molecule has 0 heterocycles. The highest BCUT2D eigenvalue weighted by Crippen LogP contribution is 2.23. The van der Waals surface area contributed by atoms with Gasteiger partial charge in [0.25, 0.3) is 0 Å². The van der Waals surface area contributed by atoms with E-state index in [1.807, 2.05) is 7.05 Å². The summed E-state index contributed by atoms with van der Waals surface area (Å²) in [7, 11) is 2.03. The summed E-state index contributed by atoms with van der Waals surface area (Å²) in [6.45, 7) is 4.56. The molecule has 1 rings (SSSR count). The van der Waals surface area contributed by atoms with Crippen LogP contribution in [-0.2, 0) is 0 Å². The minimum atomic E-state index is 0.580. The summed E-state index contributed by atoms with van der Waals surface area (Å²) in [5.74, 6) is 1.42. The van der Waals surface area contributed by atoms with Crippen molar-refractivity contribution < 1.29 is 0 Å². The molecular formula is C11H19N. The minimum Gasteiger partial charge on any atom is -0.317 e. The molecular weight excluding hydrogens is 146 g/mol. The van der Waals surface area contributed by atoms with Crippen LogP contribution in [-0.4, -0.2) is 13.1 Å². The van der Waals surface area contributed by atoms with Crippen molar-refractivity contribution in [3.8, 4) is 0 Å². The van der Waals surface area contributed by atoms with Crippen LogP contribution in [0.4, 0.5) is 0 Å². The zero-order valence-corrected chi connectivity index (χ0v) is 8.25. The van der Waals surface area contributed by atoms with Crippen molar-refractivity contribution in [2.45, 2.75) is 26.3 Å². The molecule has 0 amide bonds. The van der Waals surface area contributed by atoms with E-state index in [-0.39, 0.29) is 0 Å². The predicted octanol–water partition coefficient (Wildman–Crippen LogP) is 2.36. The fraction of sp³-hybridized carbons (Fsp3) is 0.636. The molecule has 0 bridgehead atoms. The first-order chi connectivity index (χ1) is 5.75. The second-order valence-electron chi connectivity index (χ2n) is 3.68. The van der Waals surface area contributed by atoms with Crippen LogP contribution in [0, 0.1) is 11.8 Å². The number of hydrogen-bond donors (Lipinski definition) is 1. The van der Waals surface area contributed by atoms with E-state index in [1.165, 1.54) is 6.42 Å². The van der Waals surface area contributed by atoms with Crippen molar-refractivity contribution in [3.05, 3.63) is 24.3 Å². The van der Waals surface area contributed by atoms with Crippen LogP contribution < -0.4 is 5.32 Å². The Bertz CT molecular complexity index is 181. The van der Waals surface area contributed by atoms with E-state index >= 15 is 0 Å². The Hall–Kier alpha value is -0.560. The van der Waals surface area contributed by atoms with Gasteiger partial charge in [0.1, 0.15) is 0 Å². The normalized spacial score (nSPS) is 31.6. The topological polar surface area (TPSA) is 12.0 Å². The van der Waals surface area contributed by atoms with Crippen molar-refractivity contribution in [1.29, 1.82) is 0 Å². The Balaban J connectivity index is 2.62. The van der Waals surface area contributed by atoms with Crippen LogP contribution in [0.2, 0.25) is 0 Å². The third kappa shape index (κ3) is 2.21. The molecule has 68 valence electrons. The zero-order valence-electron chi connectivity index (χ0n) is 8.25. The van der Waals surface area contributed by atoms with E-state index in [2.05, 4.69) is 43.5 Å². The molecule has 3 atom stereocenters. The van der Waals surface area contributed by atoms with Gasteiger partial charge in [0.05, 0.1) is 0 Å². The molecule has 0 radical (unpaired) electrons. The van der Waals surface area contributed by atoms with Gasteiger partial charge < -0.3 is 5.32 Å². The van der Waals surface area contributed by atoms with E-state index in [9.17, 15) is 0 Å². The van der Waals surface area contributed by atoms with Gasteiger partial charge in [-0.15, -0.1) is 0 Å². The van der Waals surface area contributed by atoms with Gasteiger partial charge in [0.2, 0.25) is 0 Å². The highest BCUT2D eigenvalue weighted by atomic mass is 14.9. The van der Waals surface area contributed by atoms with E-state index in [0.29, 0.717) is 12.0 Å². The third-order valence-electron chi connectivity index (χ3n) is 2.78. The summed E-state index contributed by atoms with van der Waals surface area (Å²) in [6, 6.07) is 0.580. The van der Waals surface area contributed by atoms with Gasteiger partial charge in [-0.05, 0) is 32.2 Å². The summed E-state index contributed by atoms with van der Waals surface area (Å²) < 4.78 is 0. The lowest BCUT2D eigenvalue weighted by molar-refractivity contribution is 0.348. The molecule has 1 N–H and O–H groups in total. The maximum absolute atomic E-state index is 3.31. The summed E-state index contributed by atoms with van der Waals surface area (Å²) in [5, 5.41) is 3.31. The zero-order chi connectivity index (χ0) is 8.97. The maximum atomic E-state index is 3.31. The summed E-state index contributed by atoms with van der Waals surface area (Å²) in [6.07, 6.45) is 10.1. The van der Waals surface area contributed by atoms with Crippen molar-refractivity contribution in [2.24, 2.45) is 11.8 Å². The second-order valence-corrected chi connectivity index (χ2v) is 3.68. The fourth-order valence-corrected chi connectivity index (χ4v) is 1.76. The van der Waals surface area contributed by atoms with Gasteiger partial charge in [-0.3, -0.25) is 0 Å². The Kier molecular flexibility index (Phi) is 3.54. The lowest BCUT2D eigenvalue weighted by Crippen LogP contribution is -2.32. The third-order valence-corrected chi connectivity index (χ3v) is 2.78. The van der Waals surface area contributed by atoms with Gasteiger partial charge >= 0.3 is 0 Å². The molecule has 2 unspecified atom stereocenters. The van der Waals surface area contributed by atoms with Crippen molar-refractivity contribution in [1.82, 2.24) is 5.32 Å². The first-order valence-corrected chi connectivity index (χ1v) is 4.76. The first kappa shape index (κ1) is 9.53. The molecule has 1 aliphatic carbocycles. The summed E-state index contributed by atoms with van der Waals surface area (Å²) in [5.41, 5.74) is 0. The van der Waals surface area contributed by atoms with Crippen LogP contribution in [0.3, 0.4) is 0 Å². The number of hydrogen-bond acceptors (Lipinski definition) is 1. The largest absolute Gasteiger partial charge is 0.317 e. The van der Waals surface area contributed by atoms with Gasteiger partial charge in [-0.2, -0.15) is 0 Å². The van der Waals surface area contributed by atoms with Crippen LogP contribution in [0.15, 0.2) is 24.3 Å². The molecule has 0 saturated carbocycles. The lowest BCUT2D eigenvalue weighted by Gasteiger charge is -2.25. The summed E-state index contributed by atoms with van der Waals surface area (Å²) >= 11 is 0. The standard InChI is InChI=1S/C11H19N/c1-9-7-5-4-6-8-11(9)10(2)12-3/h4-6,8-12H,7H2,1-3H3/t9?,10-,11?/m1/s1. The molecule has 0 fully saturated rings. The molecule has 1 heteroatoms. The minimum absolute atomic E-state index is 0.580. The highest BCUT2D eigenvalue weighted by molar-refractivity contribution is 5.10. The predicted molar refractivity (Wildman–Crippen MR) is 54.1 cm³/mol. The van der Waals surface area contributed by atoms with Gasteiger partial charge in [-0.25, -0.2) is 0 Å².